The Morgan fingerprint density at radius 2 is 1.90 bits per heavy atom. The molecule has 0 fully saturated rings. The van der Waals surface area contributed by atoms with Gasteiger partial charge in [0, 0.05) is 18.6 Å². The van der Waals surface area contributed by atoms with Crippen LogP contribution in [0, 0.1) is 5.92 Å². The standard InChI is InChI=1S/C17H30N2O/c1-13(2)10-14(3)18-12-17(19(4)5)15-8-7-9-16(11-15)20-6/h7-9,11,13-14,17-18H,10,12H2,1-6H3. The highest BCUT2D eigenvalue weighted by Gasteiger charge is 2.16. The Kier molecular flexibility index (Phi) is 7.03. The zero-order chi connectivity index (χ0) is 15.1. The average molecular weight is 278 g/mol. The van der Waals surface area contributed by atoms with Crippen LogP contribution >= 0.6 is 0 Å². The van der Waals surface area contributed by atoms with Crippen LogP contribution < -0.4 is 10.1 Å². The summed E-state index contributed by atoms with van der Waals surface area (Å²) in [5.74, 6) is 1.65. The fraction of sp³-hybridized carbons (Fsp3) is 0.647. The van der Waals surface area contributed by atoms with Gasteiger partial charge in [0.05, 0.1) is 7.11 Å². The SMILES string of the molecule is COc1cccc(C(CNC(C)CC(C)C)N(C)C)c1. The molecule has 3 nitrogen and oxygen atoms in total. The maximum atomic E-state index is 5.32. The zero-order valence-corrected chi connectivity index (χ0v) is 13.8. The highest BCUT2D eigenvalue weighted by atomic mass is 16.5. The van der Waals surface area contributed by atoms with E-state index >= 15 is 0 Å². The summed E-state index contributed by atoms with van der Waals surface area (Å²) >= 11 is 0. The van der Waals surface area contributed by atoms with Gasteiger partial charge >= 0.3 is 0 Å². The minimum atomic E-state index is 0.361. The fourth-order valence-corrected chi connectivity index (χ4v) is 2.55. The Morgan fingerprint density at radius 3 is 2.45 bits per heavy atom. The van der Waals surface area contributed by atoms with Crippen molar-refractivity contribution < 1.29 is 4.74 Å². The third kappa shape index (κ3) is 5.51. The van der Waals surface area contributed by atoms with Crippen molar-refractivity contribution >= 4 is 0 Å². The van der Waals surface area contributed by atoms with Gasteiger partial charge in [-0.25, -0.2) is 0 Å². The van der Waals surface area contributed by atoms with E-state index in [-0.39, 0.29) is 0 Å². The summed E-state index contributed by atoms with van der Waals surface area (Å²) in [6.45, 7) is 7.75. The van der Waals surface area contributed by atoms with Crippen LogP contribution in [0.2, 0.25) is 0 Å². The van der Waals surface area contributed by atoms with E-state index in [1.807, 2.05) is 6.07 Å². The van der Waals surface area contributed by atoms with E-state index in [1.54, 1.807) is 7.11 Å². The second-order valence-electron chi connectivity index (χ2n) is 6.19. The molecule has 0 aromatic heterocycles. The molecule has 1 aromatic carbocycles. The van der Waals surface area contributed by atoms with Crippen LogP contribution in [0.3, 0.4) is 0 Å². The molecule has 0 radical (unpaired) electrons. The number of rotatable bonds is 8. The lowest BCUT2D eigenvalue weighted by Crippen LogP contribution is -2.36. The van der Waals surface area contributed by atoms with Crippen LogP contribution in [0.4, 0.5) is 0 Å². The largest absolute Gasteiger partial charge is 0.497 e. The van der Waals surface area contributed by atoms with Gasteiger partial charge in [-0.15, -0.1) is 0 Å². The molecule has 0 heterocycles. The second-order valence-corrected chi connectivity index (χ2v) is 6.19. The molecule has 0 amide bonds. The van der Waals surface area contributed by atoms with Crippen molar-refractivity contribution in [3.8, 4) is 5.75 Å². The predicted octanol–water partition coefficient (Wildman–Crippen LogP) is 3.32. The Labute approximate surface area is 124 Å². The second kappa shape index (κ2) is 8.28. The molecule has 20 heavy (non-hydrogen) atoms. The molecular weight excluding hydrogens is 248 g/mol. The highest BCUT2D eigenvalue weighted by Crippen LogP contribution is 2.22. The van der Waals surface area contributed by atoms with Crippen LogP contribution in [-0.4, -0.2) is 38.7 Å². The van der Waals surface area contributed by atoms with E-state index in [1.165, 1.54) is 12.0 Å². The summed E-state index contributed by atoms with van der Waals surface area (Å²) in [4.78, 5) is 2.25. The quantitative estimate of drug-likeness (QED) is 0.789. The lowest BCUT2D eigenvalue weighted by molar-refractivity contribution is 0.275. The van der Waals surface area contributed by atoms with Gasteiger partial charge in [0.25, 0.3) is 0 Å². The van der Waals surface area contributed by atoms with E-state index < -0.39 is 0 Å². The molecule has 0 aliphatic heterocycles. The normalized spacial score (nSPS) is 14.6. The van der Waals surface area contributed by atoms with Gasteiger partial charge in [0.2, 0.25) is 0 Å². The number of methoxy groups -OCH3 is 1. The fourth-order valence-electron chi connectivity index (χ4n) is 2.55. The summed E-state index contributed by atoms with van der Waals surface area (Å²) in [5, 5.41) is 3.65. The molecule has 0 aliphatic carbocycles. The van der Waals surface area contributed by atoms with Crippen molar-refractivity contribution in [1.82, 2.24) is 10.2 Å². The van der Waals surface area contributed by atoms with Crippen molar-refractivity contribution in [1.29, 1.82) is 0 Å². The molecule has 0 bridgehead atoms. The Morgan fingerprint density at radius 1 is 1.20 bits per heavy atom. The summed E-state index contributed by atoms with van der Waals surface area (Å²) in [6.07, 6.45) is 1.21. The number of hydrogen-bond acceptors (Lipinski definition) is 3. The summed E-state index contributed by atoms with van der Waals surface area (Å²) in [5.41, 5.74) is 1.29. The van der Waals surface area contributed by atoms with E-state index in [0.717, 1.165) is 18.2 Å². The van der Waals surface area contributed by atoms with Crippen molar-refractivity contribution in [2.45, 2.75) is 39.3 Å². The molecule has 114 valence electrons. The molecule has 2 atom stereocenters. The van der Waals surface area contributed by atoms with Crippen molar-refractivity contribution in [3.63, 3.8) is 0 Å². The molecular formula is C17H30N2O. The Bertz CT molecular complexity index is 390. The van der Waals surface area contributed by atoms with E-state index in [0.29, 0.717) is 12.1 Å². The molecule has 0 aliphatic rings. The molecule has 1 aromatic rings. The summed E-state index contributed by atoms with van der Waals surface area (Å²) in [6, 6.07) is 9.25. The van der Waals surface area contributed by atoms with Crippen molar-refractivity contribution in [2.24, 2.45) is 5.92 Å². The minimum Gasteiger partial charge on any atom is -0.497 e. The first-order valence-electron chi connectivity index (χ1n) is 7.47. The first kappa shape index (κ1) is 17.0. The van der Waals surface area contributed by atoms with Crippen LogP contribution in [0.1, 0.15) is 38.8 Å². The smallest absolute Gasteiger partial charge is 0.119 e. The van der Waals surface area contributed by atoms with E-state index in [9.17, 15) is 0 Å². The van der Waals surface area contributed by atoms with Gasteiger partial charge in [-0.3, -0.25) is 0 Å². The topological polar surface area (TPSA) is 24.5 Å². The van der Waals surface area contributed by atoms with Crippen LogP contribution in [-0.2, 0) is 0 Å². The number of nitrogens with one attached hydrogen (secondary N) is 1. The van der Waals surface area contributed by atoms with Gasteiger partial charge in [-0.2, -0.15) is 0 Å². The average Bonchev–Trinajstić information content (AvgIpc) is 2.38. The van der Waals surface area contributed by atoms with Gasteiger partial charge in [-0.05, 0) is 51.1 Å². The van der Waals surface area contributed by atoms with E-state index in [2.05, 4.69) is 63.3 Å². The number of benzene rings is 1. The molecule has 0 saturated carbocycles. The summed E-state index contributed by atoms with van der Waals surface area (Å²) in [7, 11) is 5.96. The number of hydrogen-bond donors (Lipinski definition) is 1. The molecule has 1 rings (SSSR count). The van der Waals surface area contributed by atoms with Crippen molar-refractivity contribution in [3.05, 3.63) is 29.8 Å². The number of ether oxygens (including phenoxy) is 1. The van der Waals surface area contributed by atoms with Gasteiger partial charge < -0.3 is 15.0 Å². The summed E-state index contributed by atoms with van der Waals surface area (Å²) < 4.78 is 5.32. The highest BCUT2D eigenvalue weighted by molar-refractivity contribution is 5.30. The van der Waals surface area contributed by atoms with Crippen LogP contribution in [0.15, 0.2) is 24.3 Å². The van der Waals surface area contributed by atoms with Crippen LogP contribution in [0.25, 0.3) is 0 Å². The van der Waals surface area contributed by atoms with Gasteiger partial charge in [0.15, 0.2) is 0 Å². The first-order valence-corrected chi connectivity index (χ1v) is 7.47. The Balaban J connectivity index is 2.69. The Hall–Kier alpha value is -1.06. The number of likely N-dealkylation sites (N-methyl/N-ethyl adjacent to an activating group) is 1. The molecule has 2 unspecified atom stereocenters. The maximum absolute atomic E-state index is 5.32. The lowest BCUT2D eigenvalue weighted by atomic mass is 10.0. The zero-order valence-electron chi connectivity index (χ0n) is 13.8. The predicted molar refractivity (Wildman–Crippen MR) is 86.3 cm³/mol. The monoisotopic (exact) mass is 278 g/mol. The minimum absolute atomic E-state index is 0.361. The van der Waals surface area contributed by atoms with Gasteiger partial charge in [-0.1, -0.05) is 26.0 Å². The number of nitrogens with zero attached hydrogens (tertiary/aromatic N) is 1. The maximum Gasteiger partial charge on any atom is 0.119 e. The molecule has 1 N–H and O–H groups in total. The molecule has 3 heteroatoms. The molecule has 0 spiro atoms. The van der Waals surface area contributed by atoms with Gasteiger partial charge in [0.1, 0.15) is 5.75 Å². The van der Waals surface area contributed by atoms with Crippen molar-refractivity contribution in [2.75, 3.05) is 27.7 Å². The molecule has 0 saturated heterocycles. The van der Waals surface area contributed by atoms with Crippen LogP contribution in [0.5, 0.6) is 5.75 Å². The third-order valence-electron chi connectivity index (χ3n) is 3.59. The lowest BCUT2D eigenvalue weighted by Gasteiger charge is -2.27. The third-order valence-corrected chi connectivity index (χ3v) is 3.59. The first-order chi connectivity index (χ1) is 9.43. The van der Waals surface area contributed by atoms with E-state index in [4.69, 9.17) is 4.74 Å².